The fourth-order valence-corrected chi connectivity index (χ4v) is 3.38. The summed E-state index contributed by atoms with van der Waals surface area (Å²) in [6, 6.07) is 0. The molecule has 1 aliphatic carbocycles. The van der Waals surface area contributed by atoms with E-state index in [4.69, 9.17) is 0 Å². The lowest BCUT2D eigenvalue weighted by molar-refractivity contribution is 0.147. The first-order chi connectivity index (χ1) is 5.72. The molecule has 0 aromatic rings. The van der Waals surface area contributed by atoms with Gasteiger partial charge in [0.25, 0.3) is 0 Å². The second kappa shape index (κ2) is 5.13. The average molecular weight is 189 g/mol. The third kappa shape index (κ3) is 2.98. The highest BCUT2D eigenvalue weighted by atomic mass is 32.2. The lowest BCUT2D eigenvalue weighted by Gasteiger charge is -2.22. The van der Waals surface area contributed by atoms with Crippen molar-refractivity contribution in [2.75, 3.05) is 12.5 Å². The number of rotatable bonds is 1. The van der Waals surface area contributed by atoms with Gasteiger partial charge in [-0.05, 0) is 30.2 Å². The zero-order chi connectivity index (χ0) is 8.97. The molecule has 72 valence electrons. The Morgan fingerprint density at radius 1 is 1.00 bits per heavy atom. The van der Waals surface area contributed by atoms with Gasteiger partial charge in [-0.15, -0.1) is 0 Å². The molecule has 0 bridgehead atoms. The summed E-state index contributed by atoms with van der Waals surface area (Å²) in [6.45, 7) is 0. The van der Waals surface area contributed by atoms with E-state index in [2.05, 4.69) is 12.5 Å². The molecule has 0 aromatic carbocycles. The number of aliphatic hydroxyl groups is 1. The van der Waals surface area contributed by atoms with Crippen LogP contribution in [-0.4, -0.2) is 29.0 Å². The molecule has 1 rings (SSSR count). The zero-order valence-electron chi connectivity index (χ0n) is 8.25. The zero-order valence-corrected chi connectivity index (χ0v) is 9.07. The van der Waals surface area contributed by atoms with E-state index in [9.17, 15) is 5.11 Å². The Bertz CT molecular complexity index is 125. The second-order valence-corrected chi connectivity index (χ2v) is 6.34. The number of aliphatic hydroxyl groups excluding tert-OH is 1. The Morgan fingerprint density at radius 3 is 2.17 bits per heavy atom. The normalized spacial score (nSPS) is 33.0. The highest BCUT2D eigenvalue weighted by Crippen LogP contribution is 2.22. The largest absolute Gasteiger partial charge is 0.388 e. The van der Waals surface area contributed by atoms with Crippen molar-refractivity contribution in [3.63, 3.8) is 0 Å². The van der Waals surface area contributed by atoms with E-state index in [1.165, 1.54) is 32.1 Å². The molecule has 0 saturated heterocycles. The fourth-order valence-electron chi connectivity index (χ4n) is 1.98. The third-order valence-corrected chi connectivity index (χ3v) is 4.53. The third-order valence-electron chi connectivity index (χ3n) is 2.77. The summed E-state index contributed by atoms with van der Waals surface area (Å²) in [5.74, 6) is 0. The summed E-state index contributed by atoms with van der Waals surface area (Å²) in [6.07, 6.45) is 12.1. The topological polar surface area (TPSA) is 20.2 Å². The SMILES string of the molecule is C[S+](C)C1CCCCCCC1O. The molecule has 12 heavy (non-hydrogen) atoms. The van der Waals surface area contributed by atoms with Gasteiger partial charge in [-0.1, -0.05) is 19.3 Å². The summed E-state index contributed by atoms with van der Waals surface area (Å²) >= 11 is 0. The van der Waals surface area contributed by atoms with Crippen molar-refractivity contribution in [2.45, 2.75) is 49.9 Å². The molecule has 1 saturated carbocycles. The molecule has 1 aliphatic rings. The van der Waals surface area contributed by atoms with Crippen molar-refractivity contribution >= 4 is 10.9 Å². The lowest BCUT2D eigenvalue weighted by atomic mass is 9.98. The Hall–Kier alpha value is 0.310. The number of hydrogen-bond acceptors (Lipinski definition) is 1. The Kier molecular flexibility index (Phi) is 4.44. The first-order valence-corrected chi connectivity index (χ1v) is 7.06. The van der Waals surface area contributed by atoms with E-state index in [0.29, 0.717) is 16.1 Å². The molecule has 2 unspecified atom stereocenters. The van der Waals surface area contributed by atoms with Crippen molar-refractivity contribution in [3.8, 4) is 0 Å². The predicted molar refractivity (Wildman–Crippen MR) is 56.7 cm³/mol. The quantitative estimate of drug-likeness (QED) is 0.625. The molecule has 0 spiro atoms. The van der Waals surface area contributed by atoms with Gasteiger partial charge in [-0.2, -0.15) is 0 Å². The molecular weight excluding hydrogens is 168 g/mol. The molecule has 0 aliphatic heterocycles. The van der Waals surface area contributed by atoms with Crippen LogP contribution in [0.25, 0.3) is 0 Å². The Balaban J connectivity index is 2.43. The minimum absolute atomic E-state index is 0.0105. The highest BCUT2D eigenvalue weighted by molar-refractivity contribution is 7.96. The monoisotopic (exact) mass is 189 g/mol. The van der Waals surface area contributed by atoms with Crippen LogP contribution in [0.3, 0.4) is 0 Å². The van der Waals surface area contributed by atoms with Gasteiger partial charge in [0, 0.05) is 0 Å². The lowest BCUT2D eigenvalue weighted by Crippen LogP contribution is -2.33. The van der Waals surface area contributed by atoms with Crippen molar-refractivity contribution in [3.05, 3.63) is 0 Å². The van der Waals surface area contributed by atoms with Crippen LogP contribution in [0.1, 0.15) is 38.5 Å². The summed E-state index contributed by atoms with van der Waals surface area (Å²) in [7, 11) is 0.399. The minimum atomic E-state index is -0.0105. The van der Waals surface area contributed by atoms with E-state index in [1.807, 2.05) is 0 Å². The first-order valence-electron chi connectivity index (χ1n) is 4.96. The van der Waals surface area contributed by atoms with Crippen LogP contribution in [0.5, 0.6) is 0 Å². The summed E-state index contributed by atoms with van der Waals surface area (Å²) in [5.41, 5.74) is 0. The molecule has 0 radical (unpaired) electrons. The van der Waals surface area contributed by atoms with Gasteiger partial charge < -0.3 is 5.11 Å². The molecular formula is C10H21OS+. The molecule has 0 aromatic heterocycles. The van der Waals surface area contributed by atoms with Gasteiger partial charge >= 0.3 is 0 Å². The van der Waals surface area contributed by atoms with Crippen LogP contribution in [0.4, 0.5) is 0 Å². The van der Waals surface area contributed by atoms with Crippen LogP contribution in [0.15, 0.2) is 0 Å². The Morgan fingerprint density at radius 2 is 1.58 bits per heavy atom. The molecule has 2 atom stereocenters. The molecule has 0 amide bonds. The molecule has 0 heterocycles. The van der Waals surface area contributed by atoms with Crippen molar-refractivity contribution in [1.82, 2.24) is 0 Å². The van der Waals surface area contributed by atoms with Gasteiger partial charge in [0.05, 0.1) is 12.5 Å². The van der Waals surface area contributed by atoms with Gasteiger partial charge in [-0.3, -0.25) is 0 Å². The summed E-state index contributed by atoms with van der Waals surface area (Å²) in [4.78, 5) is 0. The van der Waals surface area contributed by atoms with Crippen molar-refractivity contribution in [1.29, 1.82) is 0 Å². The summed E-state index contributed by atoms with van der Waals surface area (Å²) < 4.78 is 0. The van der Waals surface area contributed by atoms with Crippen LogP contribution in [-0.2, 0) is 10.9 Å². The minimum Gasteiger partial charge on any atom is -0.388 e. The van der Waals surface area contributed by atoms with Crippen molar-refractivity contribution < 1.29 is 5.11 Å². The van der Waals surface area contributed by atoms with E-state index < -0.39 is 0 Å². The number of hydrogen-bond donors (Lipinski definition) is 1. The smallest absolute Gasteiger partial charge is 0.143 e. The maximum absolute atomic E-state index is 9.85. The van der Waals surface area contributed by atoms with E-state index in [0.717, 1.165) is 6.42 Å². The predicted octanol–water partition coefficient (Wildman–Crippen LogP) is 1.95. The van der Waals surface area contributed by atoms with Gasteiger partial charge in [0.15, 0.2) is 0 Å². The van der Waals surface area contributed by atoms with Crippen molar-refractivity contribution in [2.24, 2.45) is 0 Å². The second-order valence-electron chi connectivity index (χ2n) is 3.98. The van der Waals surface area contributed by atoms with Crippen LogP contribution in [0, 0.1) is 0 Å². The van der Waals surface area contributed by atoms with Gasteiger partial charge in [0.1, 0.15) is 11.4 Å². The van der Waals surface area contributed by atoms with Crippen LogP contribution < -0.4 is 0 Å². The van der Waals surface area contributed by atoms with E-state index in [1.54, 1.807) is 0 Å². The molecule has 2 heteroatoms. The highest BCUT2D eigenvalue weighted by Gasteiger charge is 2.29. The first kappa shape index (κ1) is 10.4. The molecule has 1 fully saturated rings. The standard InChI is InChI=1S/C10H21OS/c1-12(2)10-8-6-4-3-5-7-9(10)11/h9-11H,3-8H2,1-2H3/q+1. The van der Waals surface area contributed by atoms with Crippen LogP contribution in [0.2, 0.25) is 0 Å². The fraction of sp³-hybridized carbons (Fsp3) is 1.00. The molecule has 1 nitrogen and oxygen atoms in total. The average Bonchev–Trinajstić information content (AvgIpc) is 1.96. The van der Waals surface area contributed by atoms with E-state index >= 15 is 0 Å². The maximum Gasteiger partial charge on any atom is 0.143 e. The Labute approximate surface area is 78.9 Å². The van der Waals surface area contributed by atoms with Gasteiger partial charge in [0.2, 0.25) is 0 Å². The van der Waals surface area contributed by atoms with Crippen LogP contribution >= 0.6 is 0 Å². The summed E-state index contributed by atoms with van der Waals surface area (Å²) in [5, 5.41) is 10.4. The van der Waals surface area contributed by atoms with Gasteiger partial charge in [-0.25, -0.2) is 0 Å². The van der Waals surface area contributed by atoms with E-state index in [-0.39, 0.29) is 6.10 Å². The maximum atomic E-state index is 9.85. The molecule has 1 N–H and O–H groups in total.